The molecule has 0 radical (unpaired) electrons. The molecule has 2 N–H and O–H groups in total. The predicted octanol–water partition coefficient (Wildman–Crippen LogP) is 4.00. The summed E-state index contributed by atoms with van der Waals surface area (Å²) in [4.78, 5) is 14.8. The molecule has 126 valence electrons. The molecule has 3 rings (SSSR count). The standard InChI is InChI=1S/C19H29N3O/c23-19(20-16-9-4-3-5-10-16)21-17-11-8-14-22(15-17)18-12-6-1-2-7-13-18/h3-5,9-10,17-18H,1-2,6-8,11-15H2,(H2,20,21,23). The van der Waals surface area contributed by atoms with Crippen molar-refractivity contribution in [2.45, 2.75) is 63.5 Å². The first-order valence-electron chi connectivity index (χ1n) is 9.18. The molecule has 2 aliphatic rings. The highest BCUT2D eigenvalue weighted by atomic mass is 16.2. The summed E-state index contributed by atoms with van der Waals surface area (Å²) in [5.74, 6) is 0. The smallest absolute Gasteiger partial charge is 0.319 e. The van der Waals surface area contributed by atoms with Gasteiger partial charge in [0.2, 0.25) is 0 Å². The van der Waals surface area contributed by atoms with Gasteiger partial charge in [0.25, 0.3) is 0 Å². The van der Waals surface area contributed by atoms with E-state index < -0.39 is 0 Å². The van der Waals surface area contributed by atoms with E-state index in [9.17, 15) is 4.79 Å². The van der Waals surface area contributed by atoms with Crippen LogP contribution in [0.3, 0.4) is 0 Å². The molecule has 2 amide bonds. The topological polar surface area (TPSA) is 44.4 Å². The molecule has 1 aliphatic heterocycles. The lowest BCUT2D eigenvalue weighted by Gasteiger charge is -2.38. The van der Waals surface area contributed by atoms with Crippen molar-refractivity contribution in [3.8, 4) is 0 Å². The van der Waals surface area contributed by atoms with Crippen molar-refractivity contribution < 1.29 is 4.79 Å². The van der Waals surface area contributed by atoms with Gasteiger partial charge in [-0.1, -0.05) is 43.9 Å². The molecule has 1 aromatic carbocycles. The van der Waals surface area contributed by atoms with Crippen LogP contribution in [0.25, 0.3) is 0 Å². The van der Waals surface area contributed by atoms with Crippen LogP contribution in [0.1, 0.15) is 51.4 Å². The van der Waals surface area contributed by atoms with Crippen LogP contribution in [0.5, 0.6) is 0 Å². The van der Waals surface area contributed by atoms with Gasteiger partial charge in [-0.15, -0.1) is 0 Å². The lowest BCUT2D eigenvalue weighted by molar-refractivity contribution is 0.128. The Bertz CT molecular complexity index is 483. The van der Waals surface area contributed by atoms with Crippen LogP contribution in [0.15, 0.2) is 30.3 Å². The van der Waals surface area contributed by atoms with Gasteiger partial charge in [0, 0.05) is 24.3 Å². The molecule has 2 fully saturated rings. The molecule has 0 aromatic heterocycles. The molecular formula is C19H29N3O. The number of urea groups is 1. The van der Waals surface area contributed by atoms with Gasteiger partial charge < -0.3 is 10.6 Å². The van der Waals surface area contributed by atoms with Crippen molar-refractivity contribution in [1.82, 2.24) is 10.2 Å². The fourth-order valence-corrected chi connectivity index (χ4v) is 3.95. The van der Waals surface area contributed by atoms with Crippen LogP contribution in [0.4, 0.5) is 10.5 Å². The number of amides is 2. The van der Waals surface area contributed by atoms with Crippen molar-refractivity contribution in [2.75, 3.05) is 18.4 Å². The molecule has 1 heterocycles. The van der Waals surface area contributed by atoms with Crippen molar-refractivity contribution >= 4 is 11.7 Å². The molecule has 0 bridgehead atoms. The first kappa shape index (κ1) is 16.3. The van der Waals surface area contributed by atoms with Crippen molar-refractivity contribution in [3.63, 3.8) is 0 Å². The summed E-state index contributed by atoms with van der Waals surface area (Å²) in [5.41, 5.74) is 0.849. The van der Waals surface area contributed by atoms with Gasteiger partial charge in [-0.3, -0.25) is 4.90 Å². The van der Waals surface area contributed by atoms with E-state index in [1.165, 1.54) is 51.5 Å². The van der Waals surface area contributed by atoms with E-state index >= 15 is 0 Å². The van der Waals surface area contributed by atoms with E-state index in [2.05, 4.69) is 15.5 Å². The number of hydrogen-bond donors (Lipinski definition) is 2. The lowest BCUT2D eigenvalue weighted by atomic mass is 10.00. The second-order valence-corrected chi connectivity index (χ2v) is 6.94. The molecule has 1 aromatic rings. The molecule has 4 nitrogen and oxygen atoms in total. The molecule has 1 atom stereocenters. The minimum Gasteiger partial charge on any atom is -0.334 e. The zero-order chi connectivity index (χ0) is 15.9. The third kappa shape index (κ3) is 4.96. The maximum atomic E-state index is 12.2. The van der Waals surface area contributed by atoms with Crippen LogP contribution in [-0.4, -0.2) is 36.1 Å². The summed E-state index contributed by atoms with van der Waals surface area (Å²) in [6.45, 7) is 2.20. The average molecular weight is 315 g/mol. The molecule has 1 saturated heterocycles. The number of nitrogens with zero attached hydrogens (tertiary/aromatic N) is 1. The highest BCUT2D eigenvalue weighted by Crippen LogP contribution is 2.24. The lowest BCUT2D eigenvalue weighted by Crippen LogP contribution is -2.51. The van der Waals surface area contributed by atoms with E-state index in [0.717, 1.165) is 24.7 Å². The van der Waals surface area contributed by atoms with E-state index in [-0.39, 0.29) is 12.1 Å². The first-order valence-corrected chi connectivity index (χ1v) is 9.18. The maximum absolute atomic E-state index is 12.2. The Morgan fingerprint density at radius 2 is 1.70 bits per heavy atom. The van der Waals surface area contributed by atoms with Gasteiger partial charge in [0.05, 0.1) is 0 Å². The number of benzene rings is 1. The molecule has 1 saturated carbocycles. The Morgan fingerprint density at radius 1 is 0.957 bits per heavy atom. The first-order chi connectivity index (χ1) is 11.3. The highest BCUT2D eigenvalue weighted by molar-refractivity contribution is 5.89. The Morgan fingerprint density at radius 3 is 2.43 bits per heavy atom. The zero-order valence-electron chi connectivity index (χ0n) is 14.0. The van der Waals surface area contributed by atoms with Crippen LogP contribution < -0.4 is 10.6 Å². The summed E-state index contributed by atoms with van der Waals surface area (Å²) >= 11 is 0. The fraction of sp³-hybridized carbons (Fsp3) is 0.632. The van der Waals surface area contributed by atoms with Gasteiger partial charge in [0.15, 0.2) is 0 Å². The predicted molar refractivity (Wildman–Crippen MR) is 94.7 cm³/mol. The van der Waals surface area contributed by atoms with Crippen LogP contribution >= 0.6 is 0 Å². The largest absolute Gasteiger partial charge is 0.334 e. The van der Waals surface area contributed by atoms with Crippen molar-refractivity contribution in [1.29, 1.82) is 0 Å². The number of hydrogen-bond acceptors (Lipinski definition) is 2. The Labute approximate surface area is 139 Å². The number of rotatable bonds is 3. The van der Waals surface area contributed by atoms with Gasteiger partial charge in [-0.25, -0.2) is 4.79 Å². The van der Waals surface area contributed by atoms with Gasteiger partial charge >= 0.3 is 6.03 Å². The highest BCUT2D eigenvalue weighted by Gasteiger charge is 2.27. The second-order valence-electron chi connectivity index (χ2n) is 6.94. The zero-order valence-corrected chi connectivity index (χ0v) is 14.0. The summed E-state index contributed by atoms with van der Waals surface area (Å²) in [7, 11) is 0. The minimum absolute atomic E-state index is 0.0797. The summed E-state index contributed by atoms with van der Waals surface area (Å²) < 4.78 is 0. The number of para-hydroxylation sites is 1. The summed E-state index contributed by atoms with van der Waals surface area (Å²) in [5, 5.41) is 6.09. The monoisotopic (exact) mass is 315 g/mol. The van der Waals surface area contributed by atoms with E-state index in [4.69, 9.17) is 0 Å². The maximum Gasteiger partial charge on any atom is 0.319 e. The average Bonchev–Trinajstić information content (AvgIpc) is 2.85. The molecule has 23 heavy (non-hydrogen) atoms. The van der Waals surface area contributed by atoms with E-state index in [0.29, 0.717) is 0 Å². The molecule has 1 aliphatic carbocycles. The Balaban J connectivity index is 1.49. The minimum atomic E-state index is -0.0797. The third-order valence-corrected chi connectivity index (χ3v) is 5.16. The van der Waals surface area contributed by atoms with E-state index in [1.807, 2.05) is 30.3 Å². The number of nitrogens with one attached hydrogen (secondary N) is 2. The van der Waals surface area contributed by atoms with Crippen molar-refractivity contribution in [2.24, 2.45) is 0 Å². The quantitative estimate of drug-likeness (QED) is 0.828. The van der Waals surface area contributed by atoms with Gasteiger partial charge in [-0.05, 0) is 44.4 Å². The number of piperidine rings is 1. The number of carbonyl (C=O) groups is 1. The van der Waals surface area contributed by atoms with Gasteiger partial charge in [-0.2, -0.15) is 0 Å². The molecular weight excluding hydrogens is 286 g/mol. The number of likely N-dealkylation sites (tertiary alicyclic amines) is 1. The third-order valence-electron chi connectivity index (χ3n) is 5.16. The fourth-order valence-electron chi connectivity index (χ4n) is 3.95. The second kappa shape index (κ2) is 8.34. The Hall–Kier alpha value is -1.55. The normalized spacial score (nSPS) is 23.9. The molecule has 4 heteroatoms. The number of anilines is 1. The molecule has 1 unspecified atom stereocenters. The van der Waals surface area contributed by atoms with Crippen LogP contribution in [0.2, 0.25) is 0 Å². The van der Waals surface area contributed by atoms with Gasteiger partial charge in [0.1, 0.15) is 0 Å². The Kier molecular flexibility index (Phi) is 5.92. The number of carbonyl (C=O) groups excluding carboxylic acids is 1. The van der Waals surface area contributed by atoms with E-state index in [1.54, 1.807) is 0 Å². The summed E-state index contributed by atoms with van der Waals surface area (Å²) in [6.07, 6.45) is 10.5. The van der Waals surface area contributed by atoms with Crippen LogP contribution in [0, 0.1) is 0 Å². The summed E-state index contributed by atoms with van der Waals surface area (Å²) in [6, 6.07) is 10.6. The SMILES string of the molecule is O=C(Nc1ccccc1)NC1CCCN(C2CCCCCC2)C1. The van der Waals surface area contributed by atoms with Crippen molar-refractivity contribution in [3.05, 3.63) is 30.3 Å². The van der Waals surface area contributed by atoms with Crippen LogP contribution in [-0.2, 0) is 0 Å². The molecule has 0 spiro atoms.